The molecule has 2 heterocycles. The summed E-state index contributed by atoms with van der Waals surface area (Å²) in [5, 5.41) is 5.44. The lowest BCUT2D eigenvalue weighted by Crippen LogP contribution is -2.35. The van der Waals surface area contributed by atoms with Crippen LogP contribution in [-0.2, 0) is 11.3 Å². The van der Waals surface area contributed by atoms with Gasteiger partial charge in [0.2, 0.25) is 5.91 Å². The van der Waals surface area contributed by atoms with Gasteiger partial charge in [0.25, 0.3) is 0 Å². The Morgan fingerprint density at radius 2 is 1.94 bits per heavy atom. The molecule has 8 heteroatoms. The quantitative estimate of drug-likeness (QED) is 0.402. The van der Waals surface area contributed by atoms with E-state index in [1.54, 1.807) is 4.57 Å². The third kappa shape index (κ3) is 3.74. The van der Waals surface area contributed by atoms with E-state index in [2.05, 4.69) is 11.4 Å². The predicted molar refractivity (Wildman–Crippen MR) is 141 cm³/mol. The average Bonchev–Trinajstić information content (AvgIpc) is 3.49. The van der Waals surface area contributed by atoms with Gasteiger partial charge in [-0.3, -0.25) is 14.2 Å². The van der Waals surface area contributed by atoms with Gasteiger partial charge in [-0.2, -0.15) is 0 Å². The fourth-order valence-electron chi connectivity index (χ4n) is 6.26. The molecule has 6 rings (SSSR count). The van der Waals surface area contributed by atoms with Crippen LogP contribution in [0.15, 0.2) is 52.3 Å². The van der Waals surface area contributed by atoms with Gasteiger partial charge in [0.15, 0.2) is 0 Å². The molecule has 5 unspecified atom stereocenters. The van der Waals surface area contributed by atoms with Crippen LogP contribution in [0.5, 0.6) is 0 Å². The Hall–Kier alpha value is -1.73. The number of carbonyl (C=O) groups is 1. The van der Waals surface area contributed by atoms with Crippen molar-refractivity contribution in [2.45, 2.75) is 48.9 Å². The number of fused-ring (bicyclic) bond motifs is 6. The van der Waals surface area contributed by atoms with Crippen molar-refractivity contribution in [1.82, 2.24) is 4.57 Å². The predicted octanol–water partition coefficient (Wildman–Crippen LogP) is 6.82. The van der Waals surface area contributed by atoms with Gasteiger partial charge in [-0.05, 0) is 73.3 Å². The molecule has 1 aliphatic heterocycles. The number of aryl methyl sites for hydroxylation is 1. The molecule has 0 saturated heterocycles. The highest BCUT2D eigenvalue weighted by atomic mass is 35.5. The summed E-state index contributed by atoms with van der Waals surface area (Å²) in [4.78, 5) is 27.1. The molecule has 2 bridgehead atoms. The number of rotatable bonds is 4. The van der Waals surface area contributed by atoms with Crippen molar-refractivity contribution in [3.05, 3.63) is 78.2 Å². The Balaban J connectivity index is 1.40. The Bertz CT molecular complexity index is 1350. The van der Waals surface area contributed by atoms with Crippen LogP contribution in [0.25, 0.3) is 0 Å². The summed E-state index contributed by atoms with van der Waals surface area (Å²) in [5.41, 5.74) is 2.82. The number of halogens is 2. The first-order valence-electron chi connectivity index (χ1n) is 11.6. The van der Waals surface area contributed by atoms with Crippen LogP contribution in [-0.4, -0.2) is 15.7 Å². The summed E-state index contributed by atoms with van der Waals surface area (Å²) in [6, 6.07) is 13.5. The minimum Gasteiger partial charge on any atom is -0.325 e. The van der Waals surface area contributed by atoms with Crippen molar-refractivity contribution in [2.24, 2.45) is 17.8 Å². The molecule has 34 heavy (non-hydrogen) atoms. The summed E-state index contributed by atoms with van der Waals surface area (Å²) in [5.74, 6) is 1.59. The maximum Gasteiger partial charge on any atom is 0.308 e. The van der Waals surface area contributed by atoms with Gasteiger partial charge in [-0.25, -0.2) is 0 Å². The lowest BCUT2D eigenvalue weighted by molar-refractivity contribution is -0.116. The lowest BCUT2D eigenvalue weighted by Gasteiger charge is -2.40. The molecule has 176 valence electrons. The van der Waals surface area contributed by atoms with E-state index < -0.39 is 0 Å². The highest BCUT2D eigenvalue weighted by molar-refractivity contribution is 8.00. The Morgan fingerprint density at radius 1 is 1.15 bits per heavy atom. The minimum absolute atomic E-state index is 0.00703. The second-order valence-corrected chi connectivity index (χ2v) is 12.6. The smallest absolute Gasteiger partial charge is 0.308 e. The van der Waals surface area contributed by atoms with E-state index in [-0.39, 0.29) is 23.2 Å². The largest absolute Gasteiger partial charge is 0.325 e. The zero-order valence-electron chi connectivity index (χ0n) is 18.6. The monoisotopic (exact) mass is 530 g/mol. The molecular formula is C26H24Cl2N2O2S2. The second-order valence-electron chi connectivity index (χ2n) is 9.65. The molecule has 4 nitrogen and oxygen atoms in total. The number of amides is 1. The third-order valence-corrected chi connectivity index (χ3v) is 11.3. The van der Waals surface area contributed by atoms with E-state index >= 15 is 0 Å². The first-order valence-corrected chi connectivity index (χ1v) is 14.1. The minimum atomic E-state index is -0.193. The number of hydrogen-bond acceptors (Lipinski definition) is 4. The maximum absolute atomic E-state index is 13.2. The molecule has 2 aliphatic carbocycles. The van der Waals surface area contributed by atoms with Crippen molar-refractivity contribution in [1.29, 1.82) is 0 Å². The van der Waals surface area contributed by atoms with Crippen molar-refractivity contribution < 1.29 is 4.79 Å². The molecule has 3 aliphatic rings. The normalized spacial score (nSPS) is 26.9. The number of benzene rings is 2. The van der Waals surface area contributed by atoms with Crippen molar-refractivity contribution in [3.63, 3.8) is 0 Å². The highest BCUT2D eigenvalue weighted by Crippen LogP contribution is 2.64. The van der Waals surface area contributed by atoms with Crippen LogP contribution in [0.2, 0.25) is 10.0 Å². The van der Waals surface area contributed by atoms with E-state index in [0.717, 1.165) is 26.7 Å². The van der Waals surface area contributed by atoms with Crippen molar-refractivity contribution in [3.8, 4) is 0 Å². The first kappa shape index (κ1) is 22.7. The van der Waals surface area contributed by atoms with Crippen LogP contribution >= 0.6 is 46.3 Å². The maximum atomic E-state index is 13.2. The number of carbonyl (C=O) groups excluding carboxylic acids is 1. The molecule has 1 amide bonds. The number of thiazole rings is 1. The Morgan fingerprint density at radius 3 is 2.76 bits per heavy atom. The van der Waals surface area contributed by atoms with E-state index in [1.165, 1.54) is 30.6 Å². The Labute approximate surface area is 216 Å². The molecule has 2 fully saturated rings. The Kier molecular flexibility index (Phi) is 5.84. The number of anilines is 1. The molecule has 0 spiro atoms. The summed E-state index contributed by atoms with van der Waals surface area (Å²) in [6.45, 7) is 1.99. The fourth-order valence-corrected chi connectivity index (χ4v) is 9.83. The number of aromatic nitrogens is 1. The summed E-state index contributed by atoms with van der Waals surface area (Å²) in [6.07, 6.45) is 3.72. The summed E-state index contributed by atoms with van der Waals surface area (Å²) >= 11 is 16.2. The molecule has 1 aromatic heterocycles. The molecule has 3 aromatic rings. The van der Waals surface area contributed by atoms with E-state index in [4.69, 9.17) is 23.2 Å². The second kappa shape index (κ2) is 8.74. The van der Waals surface area contributed by atoms with Gasteiger partial charge in [0.1, 0.15) is 6.54 Å². The van der Waals surface area contributed by atoms with Gasteiger partial charge < -0.3 is 5.32 Å². The standard InChI is InChI=1S/C26H24Cl2N2O2S2/c1-13-4-2-5-16(10-13)29-19(31)12-30-25-24(34-26(30)32)21(17-6-3-7-18(27)22(17)28)20-14-8-9-15(11-14)23(20)33-25/h2-7,10,14-15,20-21,23H,8-9,11-12H2,1H3,(H,29,31). The van der Waals surface area contributed by atoms with Gasteiger partial charge in [-0.1, -0.05) is 58.8 Å². The number of thioether (sulfide) groups is 1. The zero-order valence-corrected chi connectivity index (χ0v) is 21.7. The van der Waals surface area contributed by atoms with Gasteiger partial charge in [0.05, 0.1) is 15.1 Å². The van der Waals surface area contributed by atoms with Crippen LogP contribution < -0.4 is 10.2 Å². The molecule has 2 saturated carbocycles. The van der Waals surface area contributed by atoms with Crippen molar-refractivity contribution >= 4 is 57.9 Å². The topological polar surface area (TPSA) is 51.1 Å². The lowest BCUT2D eigenvalue weighted by atomic mass is 9.75. The van der Waals surface area contributed by atoms with E-state index in [0.29, 0.717) is 33.0 Å². The van der Waals surface area contributed by atoms with Crippen LogP contribution in [0.1, 0.15) is 41.2 Å². The van der Waals surface area contributed by atoms with Gasteiger partial charge in [-0.15, -0.1) is 11.8 Å². The number of nitrogens with zero attached hydrogens (tertiary/aromatic N) is 1. The molecule has 1 N–H and O–H groups in total. The zero-order chi connectivity index (χ0) is 23.6. The summed E-state index contributed by atoms with van der Waals surface area (Å²) in [7, 11) is 0. The van der Waals surface area contributed by atoms with Crippen LogP contribution in [0.3, 0.4) is 0 Å². The van der Waals surface area contributed by atoms with E-state index in [9.17, 15) is 9.59 Å². The van der Waals surface area contributed by atoms with E-state index in [1.807, 2.05) is 55.1 Å². The van der Waals surface area contributed by atoms with Crippen LogP contribution in [0.4, 0.5) is 5.69 Å². The first-order chi connectivity index (χ1) is 16.4. The molecule has 5 atom stereocenters. The number of nitrogens with one attached hydrogen (secondary N) is 1. The van der Waals surface area contributed by atoms with Crippen molar-refractivity contribution in [2.75, 3.05) is 5.32 Å². The fraction of sp³-hybridized carbons (Fsp3) is 0.385. The van der Waals surface area contributed by atoms with Gasteiger partial charge >= 0.3 is 4.87 Å². The SMILES string of the molecule is Cc1cccc(NC(=O)Cn2c3c(sc2=O)C(c2cccc(Cl)c2Cl)C2C4CCC(C4)C2S3)c1. The third-order valence-electron chi connectivity index (χ3n) is 7.61. The highest BCUT2D eigenvalue weighted by Gasteiger charge is 2.55. The van der Waals surface area contributed by atoms with Gasteiger partial charge in [0, 0.05) is 21.7 Å². The molecule has 2 aromatic carbocycles. The summed E-state index contributed by atoms with van der Waals surface area (Å²) < 4.78 is 1.67. The van der Waals surface area contributed by atoms with Crippen LogP contribution in [0, 0.1) is 24.7 Å². The number of hydrogen-bond donors (Lipinski definition) is 1. The molecule has 0 radical (unpaired) electrons. The average molecular weight is 532 g/mol. The molecular weight excluding hydrogens is 507 g/mol.